The fraction of sp³-hybridized carbons (Fsp3) is 0.421. The first kappa shape index (κ1) is 21.2. The second kappa shape index (κ2) is 10.3. The van der Waals surface area contributed by atoms with Crippen molar-refractivity contribution in [3.8, 4) is 11.5 Å². The molecule has 1 amide bonds. The molecule has 152 valence electrons. The number of ether oxygens (including phenoxy) is 2. The highest BCUT2D eigenvalue weighted by Gasteiger charge is 2.15. The van der Waals surface area contributed by atoms with E-state index in [1.807, 2.05) is 0 Å². The zero-order valence-corrected chi connectivity index (χ0v) is 16.3. The molecule has 0 atom stereocenters. The molecular formula is C19H25N3O6. The number of amides is 1. The number of carbonyl (C=O) groups is 1. The van der Waals surface area contributed by atoms with Crippen LogP contribution in [0.3, 0.4) is 0 Å². The van der Waals surface area contributed by atoms with Crippen molar-refractivity contribution in [1.82, 2.24) is 4.90 Å². The van der Waals surface area contributed by atoms with Crippen molar-refractivity contribution >= 4 is 17.5 Å². The van der Waals surface area contributed by atoms with Crippen molar-refractivity contribution in [2.75, 3.05) is 38.7 Å². The van der Waals surface area contributed by atoms with Gasteiger partial charge in [0.1, 0.15) is 17.3 Å². The van der Waals surface area contributed by atoms with Gasteiger partial charge in [0.25, 0.3) is 0 Å². The van der Waals surface area contributed by atoms with Crippen LogP contribution in [0, 0.1) is 10.1 Å². The molecule has 0 radical (unpaired) electrons. The standard InChI is InChI=1S/C19H25N3O6/c1-4-21(5-2)10-11-27-17-12-14(6-8-16(17)26-3)20-18(23)13-15-7-9-19(28-15)22(24)25/h6-9,12H,4-5,10-11,13H2,1-3H3,(H,20,23). The molecular weight excluding hydrogens is 366 g/mol. The van der Waals surface area contributed by atoms with Gasteiger partial charge in [-0.05, 0) is 31.3 Å². The smallest absolute Gasteiger partial charge is 0.433 e. The van der Waals surface area contributed by atoms with Crippen LogP contribution in [-0.2, 0) is 11.2 Å². The number of nitrogens with one attached hydrogen (secondary N) is 1. The number of furan rings is 1. The van der Waals surface area contributed by atoms with Gasteiger partial charge in [-0.25, -0.2) is 0 Å². The molecule has 0 saturated carbocycles. The third-order valence-corrected chi connectivity index (χ3v) is 4.17. The Morgan fingerprint density at radius 1 is 1.21 bits per heavy atom. The predicted octanol–water partition coefficient (Wildman–Crippen LogP) is 3.10. The number of nitrogens with zero attached hydrogens (tertiary/aromatic N) is 2. The summed E-state index contributed by atoms with van der Waals surface area (Å²) in [7, 11) is 1.55. The number of likely N-dealkylation sites (N-methyl/N-ethyl adjacent to an activating group) is 1. The Hall–Kier alpha value is -3.07. The normalized spacial score (nSPS) is 10.7. The van der Waals surface area contributed by atoms with Gasteiger partial charge < -0.3 is 24.1 Å². The van der Waals surface area contributed by atoms with Crippen LogP contribution in [0.2, 0.25) is 0 Å². The third kappa shape index (κ3) is 5.98. The number of methoxy groups -OCH3 is 1. The highest BCUT2D eigenvalue weighted by Crippen LogP contribution is 2.30. The second-order valence-corrected chi connectivity index (χ2v) is 5.96. The number of hydrogen-bond acceptors (Lipinski definition) is 7. The second-order valence-electron chi connectivity index (χ2n) is 5.96. The van der Waals surface area contributed by atoms with Crippen molar-refractivity contribution in [3.05, 3.63) is 46.2 Å². The summed E-state index contributed by atoms with van der Waals surface area (Å²) >= 11 is 0. The molecule has 1 N–H and O–H groups in total. The topological polar surface area (TPSA) is 107 Å². The number of carbonyl (C=O) groups excluding carboxylic acids is 1. The SMILES string of the molecule is CCN(CC)CCOc1cc(NC(=O)Cc2ccc([N+](=O)[O-])o2)ccc1OC. The molecule has 28 heavy (non-hydrogen) atoms. The number of hydrogen-bond donors (Lipinski definition) is 1. The first-order valence-corrected chi connectivity index (χ1v) is 9.03. The summed E-state index contributed by atoms with van der Waals surface area (Å²) < 4.78 is 16.1. The average Bonchev–Trinajstić information content (AvgIpc) is 3.14. The first-order chi connectivity index (χ1) is 13.5. The molecule has 0 saturated heterocycles. The Labute approximate surface area is 163 Å². The highest BCUT2D eigenvalue weighted by molar-refractivity contribution is 5.92. The van der Waals surface area contributed by atoms with E-state index in [1.165, 1.54) is 12.1 Å². The minimum absolute atomic E-state index is 0.113. The van der Waals surface area contributed by atoms with E-state index in [-0.39, 0.29) is 18.1 Å². The molecule has 0 unspecified atom stereocenters. The van der Waals surface area contributed by atoms with E-state index in [0.29, 0.717) is 23.8 Å². The van der Waals surface area contributed by atoms with Crippen LogP contribution < -0.4 is 14.8 Å². The van der Waals surface area contributed by atoms with Crippen LogP contribution in [0.1, 0.15) is 19.6 Å². The number of nitro groups is 1. The van der Waals surface area contributed by atoms with Gasteiger partial charge >= 0.3 is 5.88 Å². The van der Waals surface area contributed by atoms with Gasteiger partial charge in [0.05, 0.1) is 19.6 Å². The molecule has 0 aliphatic rings. The fourth-order valence-electron chi connectivity index (χ4n) is 2.61. The quantitative estimate of drug-likeness (QED) is 0.463. The maximum atomic E-state index is 12.2. The minimum atomic E-state index is -0.646. The molecule has 9 heteroatoms. The summed E-state index contributed by atoms with van der Waals surface area (Å²) in [6.07, 6.45) is -0.113. The molecule has 0 fully saturated rings. The Morgan fingerprint density at radius 2 is 1.96 bits per heavy atom. The Bertz CT molecular complexity index is 801. The van der Waals surface area contributed by atoms with Crippen molar-refractivity contribution in [1.29, 1.82) is 0 Å². The zero-order chi connectivity index (χ0) is 20.5. The van der Waals surface area contributed by atoms with E-state index in [9.17, 15) is 14.9 Å². The lowest BCUT2D eigenvalue weighted by atomic mass is 10.2. The number of benzene rings is 1. The number of rotatable bonds is 11. The van der Waals surface area contributed by atoms with Crippen molar-refractivity contribution in [2.45, 2.75) is 20.3 Å². The van der Waals surface area contributed by atoms with Gasteiger partial charge in [-0.3, -0.25) is 14.9 Å². The summed E-state index contributed by atoms with van der Waals surface area (Å²) in [4.78, 5) is 24.4. The van der Waals surface area contributed by atoms with Crippen LogP contribution in [-0.4, -0.2) is 49.1 Å². The largest absolute Gasteiger partial charge is 0.493 e. The van der Waals surface area contributed by atoms with Crippen LogP contribution in [0.5, 0.6) is 11.5 Å². The van der Waals surface area contributed by atoms with E-state index in [2.05, 4.69) is 24.1 Å². The van der Waals surface area contributed by atoms with Crippen molar-refractivity contribution < 1.29 is 23.6 Å². The molecule has 1 heterocycles. The highest BCUT2D eigenvalue weighted by atomic mass is 16.6. The molecule has 0 aliphatic heterocycles. The van der Waals surface area contributed by atoms with Crippen molar-refractivity contribution in [2.24, 2.45) is 0 Å². The van der Waals surface area contributed by atoms with Crippen LogP contribution in [0.4, 0.5) is 11.6 Å². The van der Waals surface area contributed by atoms with Gasteiger partial charge in [0.15, 0.2) is 11.5 Å². The Balaban J connectivity index is 1.98. The Morgan fingerprint density at radius 3 is 2.57 bits per heavy atom. The summed E-state index contributed by atoms with van der Waals surface area (Å²) in [6.45, 7) is 7.34. The maximum absolute atomic E-state index is 12.2. The van der Waals surface area contributed by atoms with E-state index < -0.39 is 10.8 Å². The molecule has 1 aromatic carbocycles. The van der Waals surface area contributed by atoms with E-state index >= 15 is 0 Å². The maximum Gasteiger partial charge on any atom is 0.433 e. The lowest BCUT2D eigenvalue weighted by molar-refractivity contribution is -0.402. The van der Waals surface area contributed by atoms with E-state index in [1.54, 1.807) is 25.3 Å². The summed E-state index contributed by atoms with van der Waals surface area (Å²) in [6, 6.07) is 7.72. The first-order valence-electron chi connectivity index (χ1n) is 9.03. The lowest BCUT2D eigenvalue weighted by Gasteiger charge is -2.19. The van der Waals surface area contributed by atoms with Gasteiger partial charge in [-0.1, -0.05) is 13.8 Å². The zero-order valence-electron chi connectivity index (χ0n) is 16.3. The molecule has 2 rings (SSSR count). The third-order valence-electron chi connectivity index (χ3n) is 4.17. The van der Waals surface area contributed by atoms with Gasteiger partial charge in [0, 0.05) is 18.3 Å². The minimum Gasteiger partial charge on any atom is -0.493 e. The monoisotopic (exact) mass is 391 g/mol. The van der Waals surface area contributed by atoms with Crippen LogP contribution >= 0.6 is 0 Å². The van der Waals surface area contributed by atoms with E-state index in [0.717, 1.165) is 19.6 Å². The summed E-state index contributed by atoms with van der Waals surface area (Å²) in [5, 5.41) is 13.4. The average molecular weight is 391 g/mol. The molecule has 1 aromatic heterocycles. The fourth-order valence-corrected chi connectivity index (χ4v) is 2.61. The molecule has 9 nitrogen and oxygen atoms in total. The summed E-state index contributed by atoms with van der Waals surface area (Å²) in [5.74, 6) is 0.563. The van der Waals surface area contributed by atoms with Crippen molar-refractivity contribution in [3.63, 3.8) is 0 Å². The van der Waals surface area contributed by atoms with Gasteiger partial charge in [-0.15, -0.1) is 0 Å². The van der Waals surface area contributed by atoms with E-state index in [4.69, 9.17) is 13.9 Å². The number of anilines is 1. The van der Waals surface area contributed by atoms with Crippen LogP contribution in [0.15, 0.2) is 34.7 Å². The molecule has 0 bridgehead atoms. The predicted molar refractivity (Wildman–Crippen MR) is 104 cm³/mol. The van der Waals surface area contributed by atoms with Gasteiger partial charge in [0.2, 0.25) is 5.91 Å². The summed E-state index contributed by atoms with van der Waals surface area (Å²) in [5.41, 5.74) is 0.532. The molecule has 0 spiro atoms. The molecule has 2 aromatic rings. The Kier molecular flexibility index (Phi) is 7.82. The lowest BCUT2D eigenvalue weighted by Crippen LogP contribution is -2.28. The van der Waals surface area contributed by atoms with Crippen LogP contribution in [0.25, 0.3) is 0 Å². The van der Waals surface area contributed by atoms with Gasteiger partial charge in [-0.2, -0.15) is 0 Å². The molecule has 0 aliphatic carbocycles.